The van der Waals surface area contributed by atoms with Crippen LogP contribution in [-0.2, 0) is 14.3 Å². The van der Waals surface area contributed by atoms with Crippen molar-refractivity contribution in [3.63, 3.8) is 0 Å². The minimum absolute atomic E-state index is 0.00628. The molecule has 8 nitrogen and oxygen atoms in total. The Bertz CT molecular complexity index is 1400. The van der Waals surface area contributed by atoms with Crippen LogP contribution in [0.3, 0.4) is 0 Å². The van der Waals surface area contributed by atoms with Crippen molar-refractivity contribution in [2.75, 3.05) is 17.7 Å². The van der Waals surface area contributed by atoms with E-state index in [0.29, 0.717) is 23.1 Å². The smallest absolute Gasteiger partial charge is 0.295 e. The normalized spacial score (nSPS) is 25.6. The van der Waals surface area contributed by atoms with Crippen LogP contribution in [0.2, 0.25) is 0 Å². The summed E-state index contributed by atoms with van der Waals surface area (Å²) >= 11 is 0. The van der Waals surface area contributed by atoms with Crippen molar-refractivity contribution < 1.29 is 27.8 Å². The number of amidine groups is 1. The van der Waals surface area contributed by atoms with E-state index in [1.807, 2.05) is 19.9 Å². The summed E-state index contributed by atoms with van der Waals surface area (Å²) in [5.74, 6) is -0.563. The zero-order valence-electron chi connectivity index (χ0n) is 23.1. The van der Waals surface area contributed by atoms with Gasteiger partial charge in [-0.25, -0.2) is 18.8 Å². The number of amides is 1. The molecule has 2 atom stereocenters. The topological polar surface area (TPSA) is 94.1 Å². The van der Waals surface area contributed by atoms with Crippen LogP contribution < -0.4 is 15.4 Å². The van der Waals surface area contributed by atoms with Gasteiger partial charge in [0, 0.05) is 29.2 Å². The minimum atomic E-state index is -1.01. The van der Waals surface area contributed by atoms with Gasteiger partial charge in [0.25, 0.3) is 11.9 Å². The van der Waals surface area contributed by atoms with E-state index in [1.54, 1.807) is 20.2 Å². The number of benzene rings is 1. The lowest BCUT2D eigenvalue weighted by Gasteiger charge is -2.29. The molecule has 40 heavy (non-hydrogen) atoms. The van der Waals surface area contributed by atoms with Gasteiger partial charge in [-0.15, -0.1) is 0 Å². The van der Waals surface area contributed by atoms with E-state index in [0.717, 1.165) is 55.6 Å². The maximum atomic E-state index is 13.6. The molecule has 5 rings (SSSR count). The zero-order chi connectivity index (χ0) is 28.6. The van der Waals surface area contributed by atoms with Crippen LogP contribution in [-0.4, -0.2) is 36.2 Å². The van der Waals surface area contributed by atoms with Gasteiger partial charge in [-0.05, 0) is 76.1 Å². The summed E-state index contributed by atoms with van der Waals surface area (Å²) in [6.07, 6.45) is 7.02. The van der Waals surface area contributed by atoms with Gasteiger partial charge in [-0.2, -0.15) is 0 Å². The molecule has 1 aromatic heterocycles. The first-order valence-electron chi connectivity index (χ1n) is 13.4. The number of carbonyl (C=O) groups excluding carboxylic acids is 1. The molecule has 2 aliphatic carbocycles. The van der Waals surface area contributed by atoms with Crippen LogP contribution >= 0.6 is 0 Å². The number of methoxy groups -OCH3 is 1. The number of hydrogen-bond acceptors (Lipinski definition) is 7. The van der Waals surface area contributed by atoms with E-state index in [1.165, 1.54) is 6.07 Å². The number of halogens is 2. The zero-order valence-corrected chi connectivity index (χ0v) is 23.1. The Balaban J connectivity index is 1.19. The Kier molecular flexibility index (Phi) is 7.53. The van der Waals surface area contributed by atoms with E-state index in [-0.39, 0.29) is 35.0 Å². The first-order valence-corrected chi connectivity index (χ1v) is 13.4. The number of allylic oxidation sites excluding steroid dienone is 1. The third-order valence-electron chi connectivity index (χ3n) is 8.28. The number of carbonyl (C=O) groups is 1. The predicted octanol–water partition coefficient (Wildman–Crippen LogP) is 6.26. The van der Waals surface area contributed by atoms with Gasteiger partial charge in [0.1, 0.15) is 6.10 Å². The molecule has 0 radical (unpaired) electrons. The predicted molar refractivity (Wildman–Crippen MR) is 148 cm³/mol. The number of aromatic nitrogens is 1. The van der Waals surface area contributed by atoms with Gasteiger partial charge in [-0.3, -0.25) is 4.79 Å². The molecule has 0 saturated heterocycles. The molecule has 212 valence electrons. The summed E-state index contributed by atoms with van der Waals surface area (Å²) in [4.78, 5) is 22.0. The second-order valence-corrected chi connectivity index (χ2v) is 10.9. The molecule has 3 aliphatic rings. The van der Waals surface area contributed by atoms with Crippen LogP contribution in [0.25, 0.3) is 0 Å². The quantitative estimate of drug-likeness (QED) is 0.394. The molecule has 1 unspecified atom stereocenters. The number of ether oxygens (including phenoxy) is 3. The van der Waals surface area contributed by atoms with Gasteiger partial charge in [0.15, 0.2) is 17.4 Å². The molecule has 2 heterocycles. The number of pyridine rings is 1. The third kappa shape index (κ3) is 5.66. The number of anilines is 2. The largest absolute Gasteiger partial charge is 0.501 e. The van der Waals surface area contributed by atoms with Gasteiger partial charge in [0.05, 0.1) is 30.8 Å². The number of hydrogen-bond donors (Lipinski definition) is 2. The fraction of sp³-hybridized carbons (Fsp3) is 0.433. The first kappa shape index (κ1) is 27.6. The van der Waals surface area contributed by atoms with E-state index in [9.17, 15) is 13.6 Å². The molecule has 2 aromatic rings. The minimum Gasteiger partial charge on any atom is -0.501 e. The average molecular weight is 553 g/mol. The van der Waals surface area contributed by atoms with Crippen molar-refractivity contribution in [3.8, 4) is 5.88 Å². The lowest BCUT2D eigenvalue weighted by molar-refractivity contribution is -0.115. The first-order chi connectivity index (χ1) is 19.1. The molecule has 0 bridgehead atoms. The highest BCUT2D eigenvalue weighted by Crippen LogP contribution is 2.59. The summed E-state index contributed by atoms with van der Waals surface area (Å²) in [6, 6.07) is 4.80. The van der Waals surface area contributed by atoms with E-state index < -0.39 is 17.5 Å². The van der Waals surface area contributed by atoms with Crippen LogP contribution in [0.1, 0.15) is 51.5 Å². The van der Waals surface area contributed by atoms with Crippen molar-refractivity contribution in [1.29, 1.82) is 0 Å². The van der Waals surface area contributed by atoms with Crippen molar-refractivity contribution in [2.24, 2.45) is 16.3 Å². The van der Waals surface area contributed by atoms with E-state index in [4.69, 9.17) is 14.2 Å². The van der Waals surface area contributed by atoms with E-state index in [2.05, 4.69) is 27.2 Å². The fourth-order valence-electron chi connectivity index (χ4n) is 5.38. The highest BCUT2D eigenvalue weighted by atomic mass is 19.2. The monoisotopic (exact) mass is 552 g/mol. The molecule has 1 spiro atoms. The molecular formula is C30H34F2N4O4. The number of rotatable bonds is 7. The summed E-state index contributed by atoms with van der Waals surface area (Å²) in [5.41, 5.74) is 2.39. The van der Waals surface area contributed by atoms with E-state index >= 15 is 0 Å². The van der Waals surface area contributed by atoms with Gasteiger partial charge in [-0.1, -0.05) is 6.58 Å². The number of nitrogens with zero attached hydrogens (tertiary/aromatic N) is 2. The second kappa shape index (κ2) is 10.9. The summed E-state index contributed by atoms with van der Waals surface area (Å²) in [6.45, 7) is 9.45. The van der Waals surface area contributed by atoms with Gasteiger partial charge >= 0.3 is 0 Å². The number of nitrogens with one attached hydrogen (secondary N) is 2. The van der Waals surface area contributed by atoms with Crippen LogP contribution in [0.4, 0.5) is 20.2 Å². The Morgan fingerprint density at radius 1 is 1.18 bits per heavy atom. The van der Waals surface area contributed by atoms with Crippen molar-refractivity contribution in [2.45, 2.75) is 65.0 Å². The highest BCUT2D eigenvalue weighted by molar-refractivity contribution is 6.06. The molecule has 2 fully saturated rings. The molecule has 1 aliphatic heterocycles. The summed E-state index contributed by atoms with van der Waals surface area (Å²) in [7, 11) is 1.68. The Morgan fingerprint density at radius 3 is 2.60 bits per heavy atom. The molecule has 10 heteroatoms. The molecule has 2 N–H and O–H groups in total. The second-order valence-electron chi connectivity index (χ2n) is 10.9. The maximum absolute atomic E-state index is 13.6. The molecule has 2 saturated carbocycles. The Labute approximate surface area is 232 Å². The van der Waals surface area contributed by atoms with Crippen LogP contribution in [0.5, 0.6) is 5.88 Å². The summed E-state index contributed by atoms with van der Waals surface area (Å²) < 4.78 is 44.2. The SMILES string of the molecule is C=C(OC)C1CCC2(CC1)C[C@@H]2Oc1cc(C)c(NC(=O)C2=C(C)C(C)N=C(Nc3ccc(F)c(F)c3)O2)cn1. The van der Waals surface area contributed by atoms with Crippen molar-refractivity contribution in [3.05, 3.63) is 71.3 Å². The molecule has 1 amide bonds. The lowest BCUT2D eigenvalue weighted by Crippen LogP contribution is -2.30. The molecule has 1 aromatic carbocycles. The lowest BCUT2D eigenvalue weighted by atomic mass is 9.79. The summed E-state index contributed by atoms with van der Waals surface area (Å²) in [5, 5.41) is 5.65. The fourth-order valence-corrected chi connectivity index (χ4v) is 5.38. The number of aryl methyl sites for hydroxylation is 1. The Morgan fingerprint density at radius 2 is 1.93 bits per heavy atom. The standard InChI is InChI=1S/C30H34F2N4O4/c1-16-12-26(39-25-14-30(25)10-8-20(9-11-30)19(4)38-5)33-15-24(16)36-28(37)27-17(2)18(3)34-29(40-27)35-21-6-7-22(31)23(32)13-21/h6-7,12-13,15,18,20,25H,4,8-11,14H2,1-3,5H3,(H,34,35)(H,36,37)/t18?,20?,25-,30?/m0/s1. The maximum Gasteiger partial charge on any atom is 0.295 e. The van der Waals surface area contributed by atoms with Gasteiger partial charge < -0.3 is 24.8 Å². The van der Waals surface area contributed by atoms with Crippen molar-refractivity contribution >= 4 is 23.3 Å². The molecular weight excluding hydrogens is 518 g/mol. The highest BCUT2D eigenvalue weighted by Gasteiger charge is 2.57. The van der Waals surface area contributed by atoms with Crippen molar-refractivity contribution in [1.82, 2.24) is 4.98 Å². The number of aliphatic imine (C=N–C) groups is 1. The van der Waals surface area contributed by atoms with Crippen LogP contribution in [0.15, 0.2) is 59.1 Å². The van der Waals surface area contributed by atoms with Crippen LogP contribution in [0, 0.1) is 29.9 Å². The van der Waals surface area contributed by atoms with Gasteiger partial charge in [0.2, 0.25) is 5.88 Å². The third-order valence-corrected chi connectivity index (χ3v) is 8.28. The Hall–Kier alpha value is -3.95. The average Bonchev–Trinajstić information content (AvgIpc) is 3.59.